The van der Waals surface area contributed by atoms with E-state index < -0.39 is 10.0 Å². The number of thiazole rings is 1. The summed E-state index contributed by atoms with van der Waals surface area (Å²) >= 11 is 1.67. The number of anilines is 1. The van der Waals surface area contributed by atoms with Crippen LogP contribution in [-0.4, -0.2) is 50.7 Å². The summed E-state index contributed by atoms with van der Waals surface area (Å²) in [5, 5.41) is 6.51. The molecule has 0 aliphatic carbocycles. The Morgan fingerprint density at radius 2 is 1.96 bits per heavy atom. The smallest absolute Gasteiger partial charge is 0.229 e. The molecule has 1 aromatic heterocycles. The Morgan fingerprint density at radius 1 is 1.26 bits per heavy atom. The molecule has 2 aromatic rings. The zero-order valence-electron chi connectivity index (χ0n) is 12.9. The van der Waals surface area contributed by atoms with Crippen molar-refractivity contribution < 1.29 is 8.42 Å². The van der Waals surface area contributed by atoms with E-state index in [0.717, 1.165) is 55.2 Å². The van der Waals surface area contributed by atoms with Gasteiger partial charge in [0.1, 0.15) is 5.01 Å². The Morgan fingerprint density at radius 3 is 2.61 bits per heavy atom. The zero-order valence-corrected chi connectivity index (χ0v) is 14.6. The summed E-state index contributed by atoms with van der Waals surface area (Å²) in [6.07, 6.45) is 1.14. The van der Waals surface area contributed by atoms with Gasteiger partial charge in [0.15, 0.2) is 0 Å². The predicted molar refractivity (Wildman–Crippen MR) is 94.2 cm³/mol. The van der Waals surface area contributed by atoms with E-state index in [2.05, 4.69) is 20.3 Å². The van der Waals surface area contributed by atoms with Crippen molar-refractivity contribution in [1.82, 2.24) is 15.2 Å². The van der Waals surface area contributed by atoms with Gasteiger partial charge in [0, 0.05) is 42.8 Å². The molecule has 124 valence electrons. The molecule has 0 spiro atoms. The molecule has 23 heavy (non-hydrogen) atoms. The van der Waals surface area contributed by atoms with Gasteiger partial charge in [0.2, 0.25) is 10.0 Å². The van der Waals surface area contributed by atoms with Gasteiger partial charge in [-0.1, -0.05) is 12.1 Å². The van der Waals surface area contributed by atoms with E-state index in [1.54, 1.807) is 23.5 Å². The summed E-state index contributed by atoms with van der Waals surface area (Å²) in [4.78, 5) is 7.10. The van der Waals surface area contributed by atoms with Crippen molar-refractivity contribution in [2.75, 3.05) is 37.2 Å². The lowest BCUT2D eigenvalue weighted by molar-refractivity contribution is 0.233. The van der Waals surface area contributed by atoms with Crippen LogP contribution in [0.3, 0.4) is 0 Å². The van der Waals surface area contributed by atoms with Gasteiger partial charge < -0.3 is 5.32 Å². The molecule has 1 fully saturated rings. The molecule has 2 heterocycles. The van der Waals surface area contributed by atoms with Gasteiger partial charge in [-0.05, 0) is 12.1 Å². The van der Waals surface area contributed by atoms with E-state index in [0.29, 0.717) is 5.69 Å². The molecule has 0 radical (unpaired) electrons. The first kappa shape index (κ1) is 16.4. The molecule has 1 aliphatic rings. The Kier molecular flexibility index (Phi) is 4.96. The molecule has 0 saturated carbocycles. The number of aromatic nitrogens is 1. The van der Waals surface area contributed by atoms with E-state index in [9.17, 15) is 8.42 Å². The molecule has 1 aromatic carbocycles. The van der Waals surface area contributed by atoms with Crippen molar-refractivity contribution in [1.29, 1.82) is 0 Å². The first-order chi connectivity index (χ1) is 11.0. The molecule has 1 aliphatic heterocycles. The van der Waals surface area contributed by atoms with Crippen LogP contribution in [0.2, 0.25) is 0 Å². The average Bonchev–Trinajstić information content (AvgIpc) is 2.96. The molecule has 0 atom stereocenters. The summed E-state index contributed by atoms with van der Waals surface area (Å²) in [7, 11) is -3.24. The molecule has 1 saturated heterocycles. The monoisotopic (exact) mass is 352 g/mol. The van der Waals surface area contributed by atoms with Gasteiger partial charge in [-0.15, -0.1) is 11.3 Å². The van der Waals surface area contributed by atoms with Gasteiger partial charge >= 0.3 is 0 Å². The highest BCUT2D eigenvalue weighted by atomic mass is 32.2. The summed E-state index contributed by atoms with van der Waals surface area (Å²) in [5.74, 6) is 0. The average molecular weight is 352 g/mol. The fraction of sp³-hybridized carbons (Fsp3) is 0.400. The van der Waals surface area contributed by atoms with Gasteiger partial charge in [-0.3, -0.25) is 9.62 Å². The third-order valence-corrected chi connectivity index (χ3v) is 5.04. The fourth-order valence-electron chi connectivity index (χ4n) is 2.50. The molecular weight excluding hydrogens is 332 g/mol. The number of piperazine rings is 1. The SMILES string of the molecule is CS(=O)(=O)Nc1ccc(-c2csc(CN3CCNCC3)n2)cc1. The molecule has 0 amide bonds. The second kappa shape index (κ2) is 6.96. The summed E-state index contributed by atoms with van der Waals surface area (Å²) in [5.41, 5.74) is 2.49. The van der Waals surface area contributed by atoms with Crippen LogP contribution in [0.1, 0.15) is 5.01 Å². The minimum absolute atomic E-state index is 0.563. The standard InChI is InChI=1S/C15H20N4O2S2/c1-23(20,21)18-13-4-2-12(3-5-13)14-11-22-15(17-14)10-19-8-6-16-7-9-19/h2-5,11,16,18H,6-10H2,1H3. The Balaban J connectivity index is 1.67. The van der Waals surface area contributed by atoms with Crippen LogP contribution in [0.5, 0.6) is 0 Å². The van der Waals surface area contributed by atoms with E-state index in [4.69, 9.17) is 4.98 Å². The third kappa shape index (κ3) is 4.74. The largest absolute Gasteiger partial charge is 0.314 e. The maximum Gasteiger partial charge on any atom is 0.229 e. The second-order valence-corrected chi connectivity index (χ2v) is 8.30. The number of benzene rings is 1. The van der Waals surface area contributed by atoms with E-state index >= 15 is 0 Å². The molecule has 8 heteroatoms. The topological polar surface area (TPSA) is 74.3 Å². The number of sulfonamides is 1. The highest BCUT2D eigenvalue weighted by Gasteiger charge is 2.12. The molecular formula is C15H20N4O2S2. The van der Waals surface area contributed by atoms with Crippen molar-refractivity contribution in [3.8, 4) is 11.3 Å². The Labute approximate surface area is 140 Å². The summed E-state index contributed by atoms with van der Waals surface area (Å²) in [6, 6.07) is 7.28. The summed E-state index contributed by atoms with van der Waals surface area (Å²) in [6.45, 7) is 5.07. The van der Waals surface area contributed by atoms with Crippen molar-refractivity contribution in [3.63, 3.8) is 0 Å². The van der Waals surface area contributed by atoms with E-state index in [1.165, 1.54) is 0 Å². The van der Waals surface area contributed by atoms with Crippen LogP contribution < -0.4 is 10.0 Å². The maximum atomic E-state index is 11.2. The van der Waals surface area contributed by atoms with Crippen LogP contribution in [0.4, 0.5) is 5.69 Å². The zero-order chi connectivity index (χ0) is 16.3. The van der Waals surface area contributed by atoms with Crippen LogP contribution in [0.15, 0.2) is 29.6 Å². The Bertz CT molecular complexity index is 750. The van der Waals surface area contributed by atoms with Gasteiger partial charge in [0.05, 0.1) is 18.5 Å². The van der Waals surface area contributed by atoms with Gasteiger partial charge in [-0.2, -0.15) is 0 Å². The van der Waals surface area contributed by atoms with Crippen molar-refractivity contribution >= 4 is 27.0 Å². The first-order valence-corrected chi connectivity index (χ1v) is 10.2. The van der Waals surface area contributed by atoms with Crippen LogP contribution in [0.25, 0.3) is 11.3 Å². The highest BCUT2D eigenvalue weighted by Crippen LogP contribution is 2.24. The molecule has 0 unspecified atom stereocenters. The highest BCUT2D eigenvalue weighted by molar-refractivity contribution is 7.92. The van der Waals surface area contributed by atoms with E-state index in [1.807, 2.05) is 12.1 Å². The number of nitrogens with one attached hydrogen (secondary N) is 2. The lowest BCUT2D eigenvalue weighted by atomic mass is 10.1. The van der Waals surface area contributed by atoms with E-state index in [-0.39, 0.29) is 0 Å². The lowest BCUT2D eigenvalue weighted by Gasteiger charge is -2.26. The lowest BCUT2D eigenvalue weighted by Crippen LogP contribution is -2.42. The van der Waals surface area contributed by atoms with Crippen molar-refractivity contribution in [2.24, 2.45) is 0 Å². The normalized spacial score (nSPS) is 16.4. The van der Waals surface area contributed by atoms with Crippen molar-refractivity contribution in [3.05, 3.63) is 34.7 Å². The third-order valence-electron chi connectivity index (χ3n) is 3.60. The number of hydrogen-bond donors (Lipinski definition) is 2. The Hall–Kier alpha value is -1.48. The van der Waals surface area contributed by atoms with Crippen LogP contribution in [-0.2, 0) is 16.6 Å². The fourth-order valence-corrected chi connectivity index (χ4v) is 3.91. The molecule has 6 nitrogen and oxygen atoms in total. The van der Waals surface area contributed by atoms with Crippen molar-refractivity contribution in [2.45, 2.75) is 6.54 Å². The minimum atomic E-state index is -3.24. The molecule has 3 rings (SSSR count). The van der Waals surface area contributed by atoms with Crippen LogP contribution in [0, 0.1) is 0 Å². The first-order valence-electron chi connectivity index (χ1n) is 7.45. The number of hydrogen-bond acceptors (Lipinski definition) is 6. The number of rotatable bonds is 5. The van der Waals surface area contributed by atoms with Crippen LogP contribution >= 0.6 is 11.3 Å². The molecule has 0 bridgehead atoms. The van der Waals surface area contributed by atoms with Gasteiger partial charge in [0.25, 0.3) is 0 Å². The predicted octanol–water partition coefficient (Wildman–Crippen LogP) is 1.59. The quantitative estimate of drug-likeness (QED) is 0.855. The maximum absolute atomic E-state index is 11.2. The number of nitrogens with zero attached hydrogens (tertiary/aromatic N) is 2. The molecule has 2 N–H and O–H groups in total. The minimum Gasteiger partial charge on any atom is -0.314 e. The second-order valence-electron chi connectivity index (χ2n) is 5.60. The summed E-state index contributed by atoms with van der Waals surface area (Å²) < 4.78 is 24.9. The van der Waals surface area contributed by atoms with Gasteiger partial charge in [-0.25, -0.2) is 13.4 Å².